The molecule has 1 aliphatic rings. The van der Waals surface area contributed by atoms with E-state index >= 15 is 0 Å². The second-order valence-corrected chi connectivity index (χ2v) is 5.11. The summed E-state index contributed by atoms with van der Waals surface area (Å²) in [5.41, 5.74) is 2.00. The van der Waals surface area contributed by atoms with E-state index in [9.17, 15) is 0 Å². The first-order valence-corrected chi connectivity index (χ1v) is 6.93. The van der Waals surface area contributed by atoms with Crippen molar-refractivity contribution in [3.8, 4) is 17.3 Å². The SMILES string of the molecule is N#Cc1ccc(-c2cn(CCOC3COC3)nn2)cc1Cl. The van der Waals surface area contributed by atoms with Crippen molar-refractivity contribution in [3.05, 3.63) is 35.0 Å². The van der Waals surface area contributed by atoms with Gasteiger partial charge in [-0.1, -0.05) is 22.9 Å². The molecule has 2 aromatic rings. The van der Waals surface area contributed by atoms with E-state index in [1.165, 1.54) is 0 Å². The van der Waals surface area contributed by atoms with E-state index in [0.29, 0.717) is 42.6 Å². The number of nitrogens with zero attached hydrogens (tertiary/aromatic N) is 4. The first kappa shape index (κ1) is 14.0. The maximum absolute atomic E-state index is 8.86. The molecule has 6 nitrogen and oxygen atoms in total. The van der Waals surface area contributed by atoms with Gasteiger partial charge in [-0.25, -0.2) is 4.68 Å². The minimum absolute atomic E-state index is 0.213. The normalized spacial score (nSPS) is 14.7. The predicted molar refractivity (Wildman–Crippen MR) is 75.7 cm³/mol. The smallest absolute Gasteiger partial charge is 0.113 e. The second kappa shape index (κ2) is 6.22. The lowest BCUT2D eigenvalue weighted by Gasteiger charge is -2.25. The molecule has 21 heavy (non-hydrogen) atoms. The van der Waals surface area contributed by atoms with E-state index in [2.05, 4.69) is 10.3 Å². The molecule has 1 saturated heterocycles. The third-order valence-electron chi connectivity index (χ3n) is 3.21. The van der Waals surface area contributed by atoms with Gasteiger partial charge in [0.1, 0.15) is 17.9 Å². The zero-order valence-corrected chi connectivity index (χ0v) is 12.0. The van der Waals surface area contributed by atoms with Crippen LogP contribution in [0.25, 0.3) is 11.3 Å². The van der Waals surface area contributed by atoms with Gasteiger partial charge in [0, 0.05) is 5.56 Å². The van der Waals surface area contributed by atoms with Gasteiger partial charge in [-0.3, -0.25) is 0 Å². The van der Waals surface area contributed by atoms with Crippen LogP contribution in [0.4, 0.5) is 0 Å². The van der Waals surface area contributed by atoms with E-state index in [0.717, 1.165) is 5.56 Å². The van der Waals surface area contributed by atoms with E-state index in [1.807, 2.05) is 12.3 Å². The molecule has 0 saturated carbocycles. The Labute approximate surface area is 126 Å². The second-order valence-electron chi connectivity index (χ2n) is 4.70. The first-order chi connectivity index (χ1) is 10.3. The summed E-state index contributed by atoms with van der Waals surface area (Å²) in [4.78, 5) is 0. The summed E-state index contributed by atoms with van der Waals surface area (Å²) in [5.74, 6) is 0. The molecule has 0 spiro atoms. The number of rotatable bonds is 5. The van der Waals surface area contributed by atoms with Crippen LogP contribution in [0, 0.1) is 11.3 Å². The van der Waals surface area contributed by atoms with Crippen molar-refractivity contribution in [2.75, 3.05) is 19.8 Å². The number of benzene rings is 1. The topological polar surface area (TPSA) is 73.0 Å². The Bertz CT molecular complexity index is 676. The first-order valence-electron chi connectivity index (χ1n) is 6.56. The number of hydrogen-bond acceptors (Lipinski definition) is 5. The van der Waals surface area contributed by atoms with Crippen molar-refractivity contribution in [1.82, 2.24) is 15.0 Å². The van der Waals surface area contributed by atoms with Crippen molar-refractivity contribution >= 4 is 11.6 Å². The van der Waals surface area contributed by atoms with E-state index in [4.69, 9.17) is 26.3 Å². The van der Waals surface area contributed by atoms with Crippen LogP contribution in [0.15, 0.2) is 24.4 Å². The fourth-order valence-corrected chi connectivity index (χ4v) is 2.15. The number of halogens is 1. The monoisotopic (exact) mass is 304 g/mol. The molecule has 0 unspecified atom stereocenters. The number of aromatic nitrogens is 3. The van der Waals surface area contributed by atoms with Crippen LogP contribution in [0.1, 0.15) is 5.56 Å². The summed E-state index contributed by atoms with van der Waals surface area (Å²) < 4.78 is 12.3. The van der Waals surface area contributed by atoms with Gasteiger partial charge in [0.25, 0.3) is 0 Å². The summed E-state index contributed by atoms with van der Waals surface area (Å²) in [5, 5.41) is 17.4. The van der Waals surface area contributed by atoms with Crippen LogP contribution in [-0.4, -0.2) is 40.9 Å². The molecule has 0 bridgehead atoms. The molecule has 0 radical (unpaired) electrons. The molecule has 1 aromatic heterocycles. The molecule has 108 valence electrons. The van der Waals surface area contributed by atoms with Gasteiger partial charge in [0.15, 0.2) is 0 Å². The fourth-order valence-electron chi connectivity index (χ4n) is 1.93. The largest absolute Gasteiger partial charge is 0.376 e. The molecule has 0 aliphatic carbocycles. The summed E-state index contributed by atoms with van der Waals surface area (Å²) in [6.45, 7) is 2.55. The maximum Gasteiger partial charge on any atom is 0.113 e. The molecular weight excluding hydrogens is 292 g/mol. The predicted octanol–water partition coefficient (Wildman–Crippen LogP) is 1.89. The lowest BCUT2D eigenvalue weighted by molar-refractivity contribution is -0.131. The average Bonchev–Trinajstić information content (AvgIpc) is 2.90. The van der Waals surface area contributed by atoms with E-state index in [1.54, 1.807) is 22.9 Å². The molecule has 2 heterocycles. The van der Waals surface area contributed by atoms with Crippen LogP contribution in [0.2, 0.25) is 5.02 Å². The molecule has 7 heteroatoms. The van der Waals surface area contributed by atoms with Crippen LogP contribution >= 0.6 is 11.6 Å². The van der Waals surface area contributed by atoms with Gasteiger partial charge >= 0.3 is 0 Å². The third-order valence-corrected chi connectivity index (χ3v) is 3.52. The zero-order valence-electron chi connectivity index (χ0n) is 11.2. The lowest BCUT2D eigenvalue weighted by atomic mass is 10.1. The Hall–Kier alpha value is -1.94. The number of nitriles is 1. The molecule has 0 N–H and O–H groups in total. The van der Waals surface area contributed by atoms with Crippen molar-refractivity contribution in [2.24, 2.45) is 0 Å². The van der Waals surface area contributed by atoms with Crippen molar-refractivity contribution in [3.63, 3.8) is 0 Å². The molecular formula is C14H13ClN4O2. The van der Waals surface area contributed by atoms with Crippen molar-refractivity contribution in [1.29, 1.82) is 5.26 Å². The van der Waals surface area contributed by atoms with Crippen molar-refractivity contribution < 1.29 is 9.47 Å². The summed E-state index contributed by atoms with van der Waals surface area (Å²) in [6, 6.07) is 7.23. The lowest BCUT2D eigenvalue weighted by Crippen LogP contribution is -2.36. The van der Waals surface area contributed by atoms with Crippen LogP contribution in [0.5, 0.6) is 0 Å². The number of hydrogen-bond donors (Lipinski definition) is 0. The Balaban J connectivity index is 1.63. The van der Waals surface area contributed by atoms with Gasteiger partial charge in [-0.05, 0) is 12.1 Å². The molecule has 3 rings (SSSR count). The van der Waals surface area contributed by atoms with Crippen LogP contribution in [-0.2, 0) is 16.0 Å². The summed E-state index contributed by atoms with van der Waals surface area (Å²) in [7, 11) is 0. The highest BCUT2D eigenvalue weighted by Gasteiger charge is 2.18. The van der Waals surface area contributed by atoms with Crippen molar-refractivity contribution in [2.45, 2.75) is 12.6 Å². The molecule has 0 atom stereocenters. The zero-order chi connectivity index (χ0) is 14.7. The summed E-state index contributed by atoms with van der Waals surface area (Å²) in [6.07, 6.45) is 2.04. The molecule has 1 aromatic carbocycles. The minimum atomic E-state index is 0.213. The fraction of sp³-hybridized carbons (Fsp3) is 0.357. The molecule has 0 amide bonds. The highest BCUT2D eigenvalue weighted by molar-refractivity contribution is 6.32. The van der Waals surface area contributed by atoms with Gasteiger partial charge in [-0.2, -0.15) is 5.26 Å². The van der Waals surface area contributed by atoms with E-state index in [-0.39, 0.29) is 6.10 Å². The number of ether oxygens (including phenoxy) is 2. The summed E-state index contributed by atoms with van der Waals surface area (Å²) >= 11 is 6.02. The van der Waals surface area contributed by atoms with E-state index < -0.39 is 0 Å². The maximum atomic E-state index is 8.86. The highest BCUT2D eigenvalue weighted by Crippen LogP contribution is 2.23. The van der Waals surface area contributed by atoms with Gasteiger partial charge in [0.05, 0.1) is 43.1 Å². The van der Waals surface area contributed by atoms with Gasteiger partial charge in [0.2, 0.25) is 0 Å². The van der Waals surface area contributed by atoms with Crippen LogP contribution < -0.4 is 0 Å². The minimum Gasteiger partial charge on any atom is -0.376 e. The van der Waals surface area contributed by atoms with Gasteiger partial charge < -0.3 is 9.47 Å². The Kier molecular flexibility index (Phi) is 4.15. The average molecular weight is 305 g/mol. The Morgan fingerprint density at radius 1 is 1.48 bits per heavy atom. The molecule has 1 aliphatic heterocycles. The quantitative estimate of drug-likeness (QED) is 0.843. The standard InChI is InChI=1S/C14H13ClN4O2/c15-13-5-10(1-2-11(13)6-16)14-7-19(18-17-14)3-4-21-12-8-20-9-12/h1-2,5,7,12H,3-4,8-9H2. The highest BCUT2D eigenvalue weighted by atomic mass is 35.5. The van der Waals surface area contributed by atoms with Crippen LogP contribution in [0.3, 0.4) is 0 Å². The third kappa shape index (κ3) is 3.22. The Morgan fingerprint density at radius 2 is 2.33 bits per heavy atom. The Morgan fingerprint density at radius 3 is 3.00 bits per heavy atom. The van der Waals surface area contributed by atoms with Gasteiger partial charge in [-0.15, -0.1) is 5.10 Å². The molecule has 1 fully saturated rings.